The summed E-state index contributed by atoms with van der Waals surface area (Å²) in [5.41, 5.74) is 3.52. The zero-order valence-electron chi connectivity index (χ0n) is 22.6. The molecule has 1 radical (unpaired) electrons. The summed E-state index contributed by atoms with van der Waals surface area (Å²) in [4.78, 5) is 17.9. The fourth-order valence-electron chi connectivity index (χ4n) is 3.57. The Morgan fingerprint density at radius 3 is 1.26 bits per heavy atom. The number of rotatable bonds is 6. The fraction of sp³-hybridized carbons (Fsp3) is 0.0667. The molecule has 223 valence electrons. The van der Waals surface area contributed by atoms with E-state index in [4.69, 9.17) is 34.7 Å². The Labute approximate surface area is 291 Å². The molecule has 0 aliphatic rings. The summed E-state index contributed by atoms with van der Waals surface area (Å²) >= 11 is 13.8. The van der Waals surface area contributed by atoms with Crippen LogP contribution in [-0.4, -0.2) is 34.3 Å². The predicted molar refractivity (Wildman–Crippen MR) is 172 cm³/mol. The minimum Gasteiger partial charge on any atom is -1.00 e. The zero-order valence-corrected chi connectivity index (χ0v) is 28.4. The van der Waals surface area contributed by atoms with Crippen LogP contribution in [-0.2, 0) is 42.0 Å². The molecular weight excluding hydrogens is 706 g/mol. The molecule has 0 spiro atoms. The molecule has 0 fully saturated rings. The second kappa shape index (κ2) is 17.4. The molecule has 6 aromatic rings. The maximum Gasteiger partial charge on any atom is 2.00 e. The molecule has 0 amide bonds. The number of ether oxygens (including phenoxy) is 2. The van der Waals surface area contributed by atoms with Gasteiger partial charge in [-0.15, -0.1) is 22.7 Å². The van der Waals surface area contributed by atoms with Crippen LogP contribution in [0.4, 0.5) is 11.4 Å². The Morgan fingerprint density at radius 2 is 0.930 bits per heavy atom. The van der Waals surface area contributed by atoms with E-state index in [2.05, 4.69) is 20.0 Å². The molecule has 2 aromatic heterocycles. The second-order valence-corrected chi connectivity index (χ2v) is 11.0. The molecule has 6 rings (SSSR count). The van der Waals surface area contributed by atoms with E-state index in [1.54, 1.807) is 36.9 Å². The van der Waals surface area contributed by atoms with Gasteiger partial charge >= 0.3 is 16.8 Å². The van der Waals surface area contributed by atoms with Crippen molar-refractivity contribution in [1.29, 1.82) is 0 Å². The third kappa shape index (κ3) is 9.56. The summed E-state index contributed by atoms with van der Waals surface area (Å²) in [6.45, 7) is 0. The molecule has 43 heavy (non-hydrogen) atoms. The van der Waals surface area contributed by atoms with Gasteiger partial charge < -0.3 is 59.5 Å². The van der Waals surface area contributed by atoms with E-state index in [-0.39, 0.29) is 41.6 Å². The number of benzene rings is 4. The van der Waals surface area contributed by atoms with Crippen molar-refractivity contribution in [2.45, 2.75) is 0 Å². The maximum atomic E-state index is 5.35. The van der Waals surface area contributed by atoms with Crippen molar-refractivity contribution in [3.63, 3.8) is 0 Å². The first kappa shape index (κ1) is 36.3. The fourth-order valence-corrected chi connectivity index (χ4v) is 5.82. The topological polar surface area (TPSA) is 69.0 Å². The van der Waals surface area contributed by atoms with Crippen molar-refractivity contribution in [3.05, 3.63) is 107 Å². The standard InChI is InChI=1S/2C15H12N2OS2.2ClH.Co/c2*1-18-11-8-6-10(7-9-11)16-14(19)15-17-12-4-2-3-5-13(12)20-15;;;/h2*2-9H,1H3,(H,16,19);2*1H;/q;;;;+2/p-4. The molecule has 0 saturated heterocycles. The average Bonchev–Trinajstić information content (AvgIpc) is 3.63. The quantitative estimate of drug-likeness (QED) is 0.148. The summed E-state index contributed by atoms with van der Waals surface area (Å²) in [5, 5.41) is 2.57. The minimum absolute atomic E-state index is 0. The number of para-hydroxylation sites is 2. The van der Waals surface area contributed by atoms with Gasteiger partial charge in [-0.3, -0.25) is 9.98 Å². The van der Waals surface area contributed by atoms with Gasteiger partial charge in [0.1, 0.15) is 21.5 Å². The van der Waals surface area contributed by atoms with Gasteiger partial charge in [0.25, 0.3) is 0 Å². The number of halogens is 2. The smallest absolute Gasteiger partial charge is 1.00 e. The van der Waals surface area contributed by atoms with Gasteiger partial charge in [0.05, 0.1) is 46.0 Å². The monoisotopic (exact) mass is 727 g/mol. The van der Waals surface area contributed by atoms with E-state index >= 15 is 0 Å². The number of nitrogens with zero attached hydrogens (tertiary/aromatic N) is 4. The first-order valence-electron chi connectivity index (χ1n) is 12.0. The number of fused-ring (bicyclic) bond motifs is 2. The van der Waals surface area contributed by atoms with Crippen LogP contribution in [0.2, 0.25) is 0 Å². The summed E-state index contributed by atoms with van der Waals surface area (Å²) in [6, 6.07) is 30.9. The van der Waals surface area contributed by atoms with Gasteiger partial charge in [-0.05, 0) is 82.9 Å². The van der Waals surface area contributed by atoms with Crippen molar-refractivity contribution in [2.75, 3.05) is 14.2 Å². The molecule has 0 atom stereocenters. The Bertz CT molecular complexity index is 1610. The van der Waals surface area contributed by atoms with Crippen LogP contribution >= 0.6 is 22.7 Å². The van der Waals surface area contributed by atoms with E-state index in [0.29, 0.717) is 10.1 Å². The van der Waals surface area contributed by atoms with E-state index in [1.165, 1.54) is 0 Å². The molecule has 0 saturated carbocycles. The Hall–Kier alpha value is -2.87. The van der Waals surface area contributed by atoms with Gasteiger partial charge in [-0.25, -0.2) is 9.97 Å². The van der Waals surface area contributed by atoms with Gasteiger partial charge in [0.15, 0.2) is 0 Å². The molecule has 0 bridgehead atoms. The number of hydrogen-bond acceptors (Lipinski definition) is 10. The van der Waals surface area contributed by atoms with Crippen molar-refractivity contribution in [3.8, 4) is 11.5 Å². The van der Waals surface area contributed by atoms with Crippen molar-refractivity contribution < 1.29 is 51.1 Å². The SMILES string of the molecule is COc1ccc(N=C([S-])c2nc3ccccc3s2)cc1.COc1ccc(N=C([S-])c2nc3ccccc3s2)cc1.[Cl-].[Cl-].[Co+2]. The largest absolute Gasteiger partial charge is 2.00 e. The molecule has 0 unspecified atom stereocenters. The first-order chi connectivity index (χ1) is 19.5. The van der Waals surface area contributed by atoms with Gasteiger partial charge in [0, 0.05) is 0 Å². The van der Waals surface area contributed by atoms with E-state index in [1.807, 2.05) is 97.1 Å². The van der Waals surface area contributed by atoms with Crippen molar-refractivity contribution >= 4 is 89.8 Å². The summed E-state index contributed by atoms with van der Waals surface area (Å²) in [7, 11) is 3.27. The Morgan fingerprint density at radius 1 is 0.581 bits per heavy atom. The first-order valence-corrected chi connectivity index (χ1v) is 14.5. The molecule has 4 aromatic carbocycles. The van der Waals surface area contributed by atoms with E-state index in [9.17, 15) is 0 Å². The second-order valence-electron chi connectivity index (χ2n) is 8.20. The normalized spacial score (nSPS) is 10.9. The molecule has 13 heteroatoms. The Kier molecular flexibility index (Phi) is 14.7. The Balaban J connectivity index is 0.000000281. The van der Waals surface area contributed by atoms with Gasteiger partial charge in [0.2, 0.25) is 0 Å². The van der Waals surface area contributed by atoms with Gasteiger partial charge in [-0.1, -0.05) is 24.3 Å². The predicted octanol–water partition coefficient (Wildman–Crippen LogP) is 1.87. The average molecular weight is 729 g/mol. The number of hydrogen-bond donors (Lipinski definition) is 0. The van der Waals surface area contributed by atoms with Crippen molar-refractivity contribution in [2.24, 2.45) is 9.98 Å². The van der Waals surface area contributed by atoms with E-state index in [0.717, 1.165) is 53.3 Å². The molecule has 2 heterocycles. The molecular formula is C30H22Cl2CoN4O2S4-2. The number of thiazole rings is 2. The van der Waals surface area contributed by atoms with Crippen LogP contribution in [0.25, 0.3) is 20.4 Å². The van der Waals surface area contributed by atoms with Crippen LogP contribution in [0.3, 0.4) is 0 Å². The number of aromatic nitrogens is 2. The molecule has 0 aliphatic heterocycles. The summed E-state index contributed by atoms with van der Waals surface area (Å²) in [6.07, 6.45) is 0. The van der Waals surface area contributed by atoms with Crippen LogP contribution in [0, 0.1) is 0 Å². The minimum atomic E-state index is 0. The van der Waals surface area contributed by atoms with Crippen LogP contribution < -0.4 is 34.3 Å². The van der Waals surface area contributed by atoms with Crippen LogP contribution in [0.15, 0.2) is 107 Å². The summed E-state index contributed by atoms with van der Waals surface area (Å²) in [5.74, 6) is 1.60. The molecule has 6 nitrogen and oxygen atoms in total. The zero-order chi connectivity index (χ0) is 27.9. The third-order valence-corrected chi connectivity index (χ3v) is 8.47. The van der Waals surface area contributed by atoms with Crippen molar-refractivity contribution in [1.82, 2.24) is 9.97 Å². The van der Waals surface area contributed by atoms with E-state index < -0.39 is 0 Å². The molecule has 0 aliphatic carbocycles. The molecule has 0 N–H and O–H groups in total. The van der Waals surface area contributed by atoms with Gasteiger partial charge in [-0.2, -0.15) is 0 Å². The van der Waals surface area contributed by atoms with Crippen LogP contribution in [0.5, 0.6) is 11.5 Å². The number of methoxy groups -OCH3 is 2. The third-order valence-electron chi connectivity index (χ3n) is 5.56. The van der Waals surface area contributed by atoms with Crippen LogP contribution in [0.1, 0.15) is 10.0 Å². The maximum absolute atomic E-state index is 5.35. The summed E-state index contributed by atoms with van der Waals surface area (Å²) < 4.78 is 12.5. The number of aliphatic imine (C=N–C) groups is 2.